The van der Waals surface area contributed by atoms with Crippen LogP contribution in [0.3, 0.4) is 0 Å². The molecule has 0 saturated carbocycles. The quantitative estimate of drug-likeness (QED) is 0.670. The van der Waals surface area contributed by atoms with Crippen LogP contribution in [0.15, 0.2) is 18.3 Å². The summed E-state index contributed by atoms with van der Waals surface area (Å²) in [5.74, 6) is 1.81. The van der Waals surface area contributed by atoms with Crippen molar-refractivity contribution in [3.05, 3.63) is 41.0 Å². The van der Waals surface area contributed by atoms with Crippen LogP contribution < -0.4 is 4.90 Å². The van der Waals surface area contributed by atoms with Gasteiger partial charge in [0, 0.05) is 37.0 Å². The van der Waals surface area contributed by atoms with Gasteiger partial charge in [-0.05, 0) is 48.7 Å². The summed E-state index contributed by atoms with van der Waals surface area (Å²) in [6, 6.07) is 3.47. The van der Waals surface area contributed by atoms with Gasteiger partial charge in [-0.1, -0.05) is 0 Å². The second-order valence-corrected chi connectivity index (χ2v) is 7.09. The highest BCUT2D eigenvalue weighted by molar-refractivity contribution is 5.95. The molecule has 3 aromatic rings. The molecule has 0 radical (unpaired) electrons. The number of nitrogens with zero attached hydrogens (tertiary/aromatic N) is 8. The van der Waals surface area contributed by atoms with Gasteiger partial charge in [-0.15, -0.1) is 5.10 Å². The van der Waals surface area contributed by atoms with E-state index in [1.54, 1.807) is 22.8 Å². The van der Waals surface area contributed by atoms with E-state index in [2.05, 4.69) is 25.4 Å². The summed E-state index contributed by atoms with van der Waals surface area (Å²) in [7, 11) is 0. The molecule has 1 amide bonds. The summed E-state index contributed by atoms with van der Waals surface area (Å²) >= 11 is 0. The van der Waals surface area contributed by atoms with Crippen LogP contribution in [0.5, 0.6) is 0 Å². The second kappa shape index (κ2) is 6.26. The van der Waals surface area contributed by atoms with Gasteiger partial charge in [0.25, 0.3) is 5.91 Å². The fourth-order valence-electron chi connectivity index (χ4n) is 3.95. The first kappa shape index (κ1) is 16.1. The van der Waals surface area contributed by atoms with Crippen LogP contribution in [-0.4, -0.2) is 60.5 Å². The van der Waals surface area contributed by atoms with E-state index in [1.807, 2.05) is 11.8 Å². The molecule has 9 nitrogen and oxygen atoms in total. The average Bonchev–Trinajstić information content (AvgIpc) is 3.37. The summed E-state index contributed by atoms with van der Waals surface area (Å²) < 4.78 is 1.54. The Morgan fingerprint density at radius 2 is 2.00 bits per heavy atom. The monoisotopic (exact) mass is 364 g/mol. The number of amides is 1. The van der Waals surface area contributed by atoms with Crippen molar-refractivity contribution in [1.82, 2.24) is 34.9 Å². The van der Waals surface area contributed by atoms with Gasteiger partial charge in [-0.3, -0.25) is 4.79 Å². The van der Waals surface area contributed by atoms with Crippen LogP contribution in [0.2, 0.25) is 0 Å². The maximum atomic E-state index is 13.0. The minimum Gasteiger partial charge on any atom is -0.356 e. The van der Waals surface area contributed by atoms with Crippen molar-refractivity contribution < 1.29 is 4.79 Å². The molecule has 5 heterocycles. The van der Waals surface area contributed by atoms with Gasteiger partial charge >= 0.3 is 0 Å². The van der Waals surface area contributed by atoms with Crippen molar-refractivity contribution in [2.75, 3.05) is 24.5 Å². The van der Waals surface area contributed by atoms with E-state index in [-0.39, 0.29) is 5.91 Å². The zero-order chi connectivity index (χ0) is 18.4. The largest absolute Gasteiger partial charge is 0.356 e. The zero-order valence-electron chi connectivity index (χ0n) is 15.2. The Morgan fingerprint density at radius 1 is 1.15 bits per heavy atom. The number of pyridine rings is 1. The molecular formula is C18H20N8O. The summed E-state index contributed by atoms with van der Waals surface area (Å²) in [4.78, 5) is 26.6. The Bertz CT molecular complexity index is 1020. The number of fused-ring (bicyclic) bond motifs is 2. The van der Waals surface area contributed by atoms with Crippen LogP contribution in [0.25, 0.3) is 5.65 Å². The van der Waals surface area contributed by atoms with E-state index in [0.717, 1.165) is 36.8 Å². The number of tetrazole rings is 1. The van der Waals surface area contributed by atoms with Gasteiger partial charge in [0.1, 0.15) is 11.6 Å². The standard InChI is InChI=1S/C18H20N8O/c1-12-19-15-11-25(8-5-14(15)17(20-12)24-6-2-3-7-24)18(27)13-4-9-26-16(10-13)21-22-23-26/h4,9-10H,2-3,5-8,11H2,1H3. The van der Waals surface area contributed by atoms with Crippen LogP contribution in [-0.2, 0) is 13.0 Å². The third-order valence-electron chi connectivity index (χ3n) is 5.29. The number of hydrogen-bond acceptors (Lipinski definition) is 7. The first-order valence-corrected chi connectivity index (χ1v) is 9.27. The molecule has 0 aliphatic carbocycles. The van der Waals surface area contributed by atoms with Crippen molar-refractivity contribution in [2.45, 2.75) is 32.7 Å². The Balaban J connectivity index is 1.44. The van der Waals surface area contributed by atoms with E-state index in [1.165, 1.54) is 18.4 Å². The number of aromatic nitrogens is 6. The van der Waals surface area contributed by atoms with E-state index in [4.69, 9.17) is 4.98 Å². The van der Waals surface area contributed by atoms with Crippen molar-refractivity contribution in [2.24, 2.45) is 0 Å². The maximum Gasteiger partial charge on any atom is 0.254 e. The number of hydrogen-bond donors (Lipinski definition) is 0. The van der Waals surface area contributed by atoms with Crippen LogP contribution in [0, 0.1) is 6.92 Å². The van der Waals surface area contributed by atoms with Gasteiger partial charge in [-0.2, -0.15) is 0 Å². The highest BCUT2D eigenvalue weighted by Crippen LogP contribution is 2.29. The maximum absolute atomic E-state index is 13.0. The van der Waals surface area contributed by atoms with Gasteiger partial charge in [0.2, 0.25) is 0 Å². The molecule has 0 atom stereocenters. The molecule has 5 rings (SSSR count). The highest BCUT2D eigenvalue weighted by Gasteiger charge is 2.28. The third-order valence-corrected chi connectivity index (χ3v) is 5.29. The molecule has 0 spiro atoms. The van der Waals surface area contributed by atoms with Crippen molar-refractivity contribution in [1.29, 1.82) is 0 Å². The predicted molar refractivity (Wildman–Crippen MR) is 97.4 cm³/mol. The molecule has 1 fully saturated rings. The minimum absolute atomic E-state index is 0.0230. The van der Waals surface area contributed by atoms with E-state index < -0.39 is 0 Å². The molecule has 0 bridgehead atoms. The summed E-state index contributed by atoms with van der Waals surface area (Å²) in [6.07, 6.45) is 4.91. The molecule has 9 heteroatoms. The Morgan fingerprint density at radius 3 is 2.85 bits per heavy atom. The van der Waals surface area contributed by atoms with Gasteiger partial charge < -0.3 is 9.80 Å². The lowest BCUT2D eigenvalue weighted by atomic mass is 10.0. The molecule has 2 aliphatic heterocycles. The molecule has 27 heavy (non-hydrogen) atoms. The molecule has 2 aliphatic rings. The molecule has 3 aromatic heterocycles. The fourth-order valence-corrected chi connectivity index (χ4v) is 3.95. The van der Waals surface area contributed by atoms with E-state index in [9.17, 15) is 4.79 Å². The predicted octanol–water partition coefficient (Wildman–Crippen LogP) is 1.02. The Hall–Kier alpha value is -3.10. The van der Waals surface area contributed by atoms with E-state index >= 15 is 0 Å². The molecular weight excluding hydrogens is 344 g/mol. The summed E-state index contributed by atoms with van der Waals surface area (Å²) in [5.41, 5.74) is 3.32. The third kappa shape index (κ3) is 2.79. The number of carbonyl (C=O) groups excluding carboxylic acids is 1. The Kier molecular flexibility index (Phi) is 3.73. The van der Waals surface area contributed by atoms with Crippen LogP contribution in [0.4, 0.5) is 5.82 Å². The van der Waals surface area contributed by atoms with Gasteiger partial charge in [-0.25, -0.2) is 14.5 Å². The zero-order valence-corrected chi connectivity index (χ0v) is 15.2. The summed E-state index contributed by atoms with van der Waals surface area (Å²) in [6.45, 7) is 5.20. The highest BCUT2D eigenvalue weighted by atomic mass is 16.2. The summed E-state index contributed by atoms with van der Waals surface area (Å²) in [5, 5.41) is 11.4. The van der Waals surface area contributed by atoms with Crippen LogP contribution >= 0.6 is 0 Å². The van der Waals surface area contributed by atoms with E-state index in [0.29, 0.717) is 24.3 Å². The molecule has 138 valence electrons. The molecule has 0 unspecified atom stereocenters. The Labute approximate surface area is 156 Å². The normalized spacial score (nSPS) is 16.8. The first-order valence-electron chi connectivity index (χ1n) is 9.27. The molecule has 0 aromatic carbocycles. The van der Waals surface area contributed by atoms with Crippen molar-refractivity contribution in [3.8, 4) is 0 Å². The lowest BCUT2D eigenvalue weighted by molar-refractivity contribution is 0.0731. The number of rotatable bonds is 2. The lowest BCUT2D eigenvalue weighted by Gasteiger charge is -2.31. The first-order chi connectivity index (χ1) is 13.2. The van der Waals surface area contributed by atoms with Gasteiger partial charge in [0.15, 0.2) is 5.65 Å². The van der Waals surface area contributed by atoms with Crippen LogP contribution in [0.1, 0.15) is 40.3 Å². The average molecular weight is 364 g/mol. The van der Waals surface area contributed by atoms with Crippen molar-refractivity contribution >= 4 is 17.4 Å². The molecule has 1 saturated heterocycles. The fraction of sp³-hybridized carbons (Fsp3) is 0.444. The number of anilines is 1. The van der Waals surface area contributed by atoms with Crippen molar-refractivity contribution in [3.63, 3.8) is 0 Å². The lowest BCUT2D eigenvalue weighted by Crippen LogP contribution is -2.38. The van der Waals surface area contributed by atoms with Gasteiger partial charge in [0.05, 0.1) is 12.2 Å². The SMILES string of the molecule is Cc1nc2c(c(N3CCCC3)n1)CCN(C(=O)c1ccn3nnnc3c1)C2. The number of aryl methyl sites for hydroxylation is 1. The number of carbonyl (C=O) groups is 1. The topological polar surface area (TPSA) is 92.4 Å². The molecule has 0 N–H and O–H groups in total. The second-order valence-electron chi connectivity index (χ2n) is 7.09. The smallest absolute Gasteiger partial charge is 0.254 e. The minimum atomic E-state index is -0.0230.